The van der Waals surface area contributed by atoms with Gasteiger partial charge in [-0.15, -0.1) is 0 Å². The summed E-state index contributed by atoms with van der Waals surface area (Å²) in [5.41, 5.74) is 3.21. The highest BCUT2D eigenvalue weighted by molar-refractivity contribution is 14.1. The molecule has 5 heteroatoms. The lowest BCUT2D eigenvalue weighted by molar-refractivity contribution is 0.493. The Balaban J connectivity index is 1.66. The van der Waals surface area contributed by atoms with Crippen molar-refractivity contribution in [3.8, 4) is 11.3 Å². The SMILES string of the molecule is Ic1ccc(CNc2ccc(-c3cnc[nH]3)cc2)o1. The molecule has 0 aliphatic rings. The number of aromatic nitrogens is 2. The van der Waals surface area contributed by atoms with Crippen molar-refractivity contribution in [2.75, 3.05) is 5.32 Å². The van der Waals surface area contributed by atoms with E-state index in [2.05, 4.69) is 50.0 Å². The van der Waals surface area contributed by atoms with Crippen LogP contribution in [-0.4, -0.2) is 9.97 Å². The van der Waals surface area contributed by atoms with E-state index in [1.165, 1.54) is 0 Å². The van der Waals surface area contributed by atoms with E-state index >= 15 is 0 Å². The molecule has 1 aromatic carbocycles. The zero-order valence-corrected chi connectivity index (χ0v) is 12.2. The lowest BCUT2D eigenvalue weighted by atomic mass is 10.1. The molecule has 0 radical (unpaired) electrons. The number of furan rings is 1. The number of rotatable bonds is 4. The Morgan fingerprint density at radius 2 is 2.00 bits per heavy atom. The summed E-state index contributed by atoms with van der Waals surface area (Å²) < 4.78 is 6.41. The first-order valence-electron chi connectivity index (χ1n) is 5.88. The third-order valence-electron chi connectivity index (χ3n) is 2.79. The Bertz CT molecular complexity index is 644. The fraction of sp³-hybridized carbons (Fsp3) is 0.0714. The Morgan fingerprint density at radius 3 is 2.63 bits per heavy atom. The average Bonchev–Trinajstić information content (AvgIpc) is 3.08. The first kappa shape index (κ1) is 12.3. The molecule has 0 aliphatic carbocycles. The molecule has 0 amide bonds. The molecule has 19 heavy (non-hydrogen) atoms. The Morgan fingerprint density at radius 1 is 1.16 bits per heavy atom. The van der Waals surface area contributed by atoms with Gasteiger partial charge in [0.15, 0.2) is 3.77 Å². The molecular weight excluding hydrogens is 353 g/mol. The molecule has 0 saturated carbocycles. The quantitative estimate of drug-likeness (QED) is 0.690. The van der Waals surface area contributed by atoms with Crippen LogP contribution < -0.4 is 5.32 Å². The predicted molar refractivity (Wildman–Crippen MR) is 82.8 cm³/mol. The summed E-state index contributed by atoms with van der Waals surface area (Å²) in [6.07, 6.45) is 3.49. The van der Waals surface area contributed by atoms with E-state index in [0.29, 0.717) is 6.54 Å². The normalized spacial score (nSPS) is 10.6. The number of nitrogens with one attached hydrogen (secondary N) is 2. The number of hydrogen-bond donors (Lipinski definition) is 2. The van der Waals surface area contributed by atoms with Crippen molar-refractivity contribution in [1.29, 1.82) is 0 Å². The lowest BCUT2D eigenvalue weighted by Crippen LogP contribution is -1.97. The highest BCUT2D eigenvalue weighted by atomic mass is 127. The van der Waals surface area contributed by atoms with Crippen LogP contribution in [0.3, 0.4) is 0 Å². The molecule has 4 nitrogen and oxygen atoms in total. The van der Waals surface area contributed by atoms with Crippen LogP contribution in [0.4, 0.5) is 5.69 Å². The van der Waals surface area contributed by atoms with Gasteiger partial charge in [-0.3, -0.25) is 0 Å². The van der Waals surface area contributed by atoms with Crippen LogP contribution in [0.25, 0.3) is 11.3 Å². The maximum absolute atomic E-state index is 5.50. The molecule has 0 spiro atoms. The summed E-state index contributed by atoms with van der Waals surface area (Å²) in [5, 5.41) is 3.32. The van der Waals surface area contributed by atoms with E-state index in [1.54, 1.807) is 6.33 Å². The maximum atomic E-state index is 5.50. The summed E-state index contributed by atoms with van der Waals surface area (Å²) in [5.74, 6) is 0.932. The fourth-order valence-corrected chi connectivity index (χ4v) is 2.28. The average molecular weight is 365 g/mol. The number of H-pyrrole nitrogens is 1. The molecule has 0 unspecified atom stereocenters. The lowest BCUT2D eigenvalue weighted by Gasteiger charge is -2.05. The molecule has 2 aromatic heterocycles. The Hall–Kier alpha value is -1.76. The first-order valence-corrected chi connectivity index (χ1v) is 6.96. The molecule has 0 fully saturated rings. The summed E-state index contributed by atoms with van der Waals surface area (Å²) in [6.45, 7) is 0.687. The van der Waals surface area contributed by atoms with Gasteiger partial charge in [-0.1, -0.05) is 12.1 Å². The molecule has 0 bridgehead atoms. The summed E-state index contributed by atoms with van der Waals surface area (Å²) >= 11 is 2.16. The molecule has 2 N–H and O–H groups in total. The molecule has 0 saturated heterocycles. The molecule has 3 aromatic rings. The molecule has 2 heterocycles. The summed E-state index contributed by atoms with van der Waals surface area (Å²) in [6, 6.07) is 12.1. The van der Waals surface area contributed by atoms with E-state index in [1.807, 2.05) is 30.5 Å². The van der Waals surface area contributed by atoms with Crippen molar-refractivity contribution < 1.29 is 4.42 Å². The van der Waals surface area contributed by atoms with Crippen LogP contribution in [-0.2, 0) is 6.54 Å². The fourth-order valence-electron chi connectivity index (χ4n) is 1.82. The van der Waals surface area contributed by atoms with Crippen molar-refractivity contribution in [3.05, 3.63) is 58.4 Å². The topological polar surface area (TPSA) is 53.9 Å². The van der Waals surface area contributed by atoms with Crippen LogP contribution in [0, 0.1) is 3.77 Å². The maximum Gasteiger partial charge on any atom is 0.164 e. The van der Waals surface area contributed by atoms with Gasteiger partial charge in [0.05, 0.1) is 24.8 Å². The highest BCUT2D eigenvalue weighted by Crippen LogP contribution is 2.19. The van der Waals surface area contributed by atoms with Crippen molar-refractivity contribution in [2.45, 2.75) is 6.54 Å². The molecule has 0 atom stereocenters. The van der Waals surface area contributed by atoms with Crippen molar-refractivity contribution in [3.63, 3.8) is 0 Å². The second-order valence-electron chi connectivity index (χ2n) is 4.10. The summed E-state index contributed by atoms with van der Waals surface area (Å²) in [7, 11) is 0. The number of aromatic amines is 1. The third-order valence-corrected chi connectivity index (χ3v) is 3.37. The monoisotopic (exact) mass is 365 g/mol. The number of nitrogens with zero attached hydrogens (tertiary/aromatic N) is 1. The number of hydrogen-bond acceptors (Lipinski definition) is 3. The highest BCUT2D eigenvalue weighted by Gasteiger charge is 2.01. The van der Waals surface area contributed by atoms with Gasteiger partial charge < -0.3 is 14.7 Å². The van der Waals surface area contributed by atoms with E-state index in [-0.39, 0.29) is 0 Å². The van der Waals surface area contributed by atoms with Gasteiger partial charge >= 0.3 is 0 Å². The number of halogens is 1. The summed E-state index contributed by atoms with van der Waals surface area (Å²) in [4.78, 5) is 7.10. The zero-order chi connectivity index (χ0) is 13.1. The van der Waals surface area contributed by atoms with Gasteiger partial charge in [-0.05, 0) is 52.4 Å². The van der Waals surface area contributed by atoms with Crippen LogP contribution in [0.5, 0.6) is 0 Å². The first-order chi connectivity index (χ1) is 9.31. The van der Waals surface area contributed by atoms with Crippen molar-refractivity contribution >= 4 is 28.3 Å². The second-order valence-corrected chi connectivity index (χ2v) is 5.17. The smallest absolute Gasteiger partial charge is 0.164 e. The molecule has 0 aliphatic heterocycles. The van der Waals surface area contributed by atoms with Gasteiger partial charge in [-0.2, -0.15) is 0 Å². The van der Waals surface area contributed by atoms with E-state index in [9.17, 15) is 0 Å². The second kappa shape index (κ2) is 5.48. The minimum absolute atomic E-state index is 0.687. The zero-order valence-electron chi connectivity index (χ0n) is 10.1. The van der Waals surface area contributed by atoms with Gasteiger partial charge in [0.1, 0.15) is 5.76 Å². The third kappa shape index (κ3) is 2.98. The van der Waals surface area contributed by atoms with E-state index < -0.39 is 0 Å². The standard InChI is InChI=1S/C14H12IN3O/c15-14-6-5-12(19-14)7-17-11-3-1-10(2-4-11)13-8-16-9-18-13/h1-6,8-9,17H,7H2,(H,16,18). The number of imidazole rings is 1. The Labute approximate surface area is 124 Å². The van der Waals surface area contributed by atoms with Gasteiger partial charge in [0.2, 0.25) is 0 Å². The minimum Gasteiger partial charge on any atom is -0.454 e. The van der Waals surface area contributed by atoms with Crippen molar-refractivity contribution in [1.82, 2.24) is 9.97 Å². The van der Waals surface area contributed by atoms with Crippen LogP contribution in [0.2, 0.25) is 0 Å². The number of anilines is 1. The van der Waals surface area contributed by atoms with E-state index in [0.717, 1.165) is 26.5 Å². The molecule has 96 valence electrons. The predicted octanol–water partition coefficient (Wildman–Crippen LogP) is 3.89. The largest absolute Gasteiger partial charge is 0.454 e. The van der Waals surface area contributed by atoms with Gasteiger partial charge in [-0.25, -0.2) is 4.98 Å². The van der Waals surface area contributed by atoms with Crippen LogP contribution in [0.1, 0.15) is 5.76 Å². The van der Waals surface area contributed by atoms with Crippen LogP contribution in [0.15, 0.2) is 53.3 Å². The van der Waals surface area contributed by atoms with Gasteiger partial charge in [0, 0.05) is 5.69 Å². The molecular formula is C14H12IN3O. The Kier molecular flexibility index (Phi) is 3.54. The van der Waals surface area contributed by atoms with Crippen LogP contribution >= 0.6 is 22.6 Å². The minimum atomic E-state index is 0.687. The van der Waals surface area contributed by atoms with E-state index in [4.69, 9.17) is 4.42 Å². The van der Waals surface area contributed by atoms with Gasteiger partial charge in [0.25, 0.3) is 0 Å². The number of benzene rings is 1. The van der Waals surface area contributed by atoms with Crippen molar-refractivity contribution in [2.24, 2.45) is 0 Å². The molecule has 3 rings (SSSR count).